The van der Waals surface area contributed by atoms with Gasteiger partial charge < -0.3 is 5.11 Å². The van der Waals surface area contributed by atoms with Crippen molar-refractivity contribution in [2.45, 2.75) is 12.7 Å². The average molecular weight is 238 g/mol. The molecule has 0 aliphatic rings. The Morgan fingerprint density at radius 3 is 2.62 bits per heavy atom. The van der Waals surface area contributed by atoms with Gasteiger partial charge in [-0.05, 0) is 0 Å². The largest absolute Gasteiger partial charge is 0.480 e. The van der Waals surface area contributed by atoms with E-state index in [1.807, 2.05) is 0 Å². The molecule has 1 rings (SSSR count). The highest BCUT2D eigenvalue weighted by Gasteiger charge is 2.39. The Bertz CT molecular complexity index is 413. The molecule has 1 aromatic rings. The van der Waals surface area contributed by atoms with E-state index in [4.69, 9.17) is 5.11 Å². The summed E-state index contributed by atoms with van der Waals surface area (Å²) in [6.07, 6.45) is -4.15. The van der Waals surface area contributed by atoms with Gasteiger partial charge in [-0.25, -0.2) is 9.67 Å². The fraction of sp³-hybridized carbons (Fsp3) is 0.333. The molecule has 0 aliphatic carbocycles. The van der Waals surface area contributed by atoms with Crippen LogP contribution >= 0.6 is 0 Å². The summed E-state index contributed by atoms with van der Waals surface area (Å²) in [5.41, 5.74) is 0. The molecule has 0 fully saturated rings. The lowest BCUT2D eigenvalue weighted by Gasteiger charge is -2.03. The second kappa shape index (κ2) is 4.16. The fourth-order valence-electron chi connectivity index (χ4n) is 0.739. The zero-order valence-corrected chi connectivity index (χ0v) is 7.52. The van der Waals surface area contributed by atoms with Gasteiger partial charge >= 0.3 is 18.1 Å². The molecule has 0 bridgehead atoms. The molecular formula is C6H5F3N4O3. The van der Waals surface area contributed by atoms with Crippen LogP contribution in [0.1, 0.15) is 0 Å². The Labute approximate surface area is 85.9 Å². The zero-order valence-electron chi connectivity index (χ0n) is 7.52. The van der Waals surface area contributed by atoms with Crippen LogP contribution in [0.2, 0.25) is 0 Å². The van der Waals surface area contributed by atoms with Gasteiger partial charge in [0.2, 0.25) is 5.95 Å². The summed E-state index contributed by atoms with van der Waals surface area (Å²) in [7, 11) is 0. The van der Waals surface area contributed by atoms with Gasteiger partial charge in [0.05, 0.1) is 0 Å². The van der Waals surface area contributed by atoms with Crippen molar-refractivity contribution in [3.8, 4) is 0 Å². The molecule has 0 saturated heterocycles. The number of aromatic nitrogens is 3. The van der Waals surface area contributed by atoms with Crippen molar-refractivity contribution >= 4 is 17.8 Å². The van der Waals surface area contributed by atoms with E-state index in [1.54, 1.807) is 0 Å². The number of carbonyl (C=O) groups is 2. The maximum Gasteiger partial charge on any atom is 0.471 e. The molecule has 1 amide bonds. The summed E-state index contributed by atoms with van der Waals surface area (Å²) in [6.45, 7) is -0.561. The highest BCUT2D eigenvalue weighted by molar-refractivity contribution is 5.93. The molecule has 16 heavy (non-hydrogen) atoms. The summed E-state index contributed by atoms with van der Waals surface area (Å²) in [5.74, 6) is -4.07. The number of carboxylic acids is 1. The van der Waals surface area contributed by atoms with Gasteiger partial charge in [0.1, 0.15) is 12.9 Å². The Morgan fingerprint density at radius 1 is 1.50 bits per heavy atom. The van der Waals surface area contributed by atoms with Gasteiger partial charge in [-0.1, -0.05) is 0 Å². The van der Waals surface area contributed by atoms with Crippen LogP contribution in [0.15, 0.2) is 6.33 Å². The average Bonchev–Trinajstić information content (AvgIpc) is 2.49. The molecule has 0 aliphatic heterocycles. The van der Waals surface area contributed by atoms with Crippen LogP contribution in [0.4, 0.5) is 19.1 Å². The number of anilines is 1. The first-order valence-corrected chi connectivity index (χ1v) is 3.78. The van der Waals surface area contributed by atoms with Crippen molar-refractivity contribution < 1.29 is 27.9 Å². The number of nitrogens with zero attached hydrogens (tertiary/aromatic N) is 3. The zero-order chi connectivity index (χ0) is 12.3. The third kappa shape index (κ3) is 3.22. The summed E-state index contributed by atoms with van der Waals surface area (Å²) in [5, 5.41) is 13.0. The topological polar surface area (TPSA) is 97.1 Å². The molecule has 10 heteroatoms. The van der Waals surface area contributed by atoms with Crippen LogP contribution < -0.4 is 5.32 Å². The Morgan fingerprint density at radius 2 is 2.12 bits per heavy atom. The first kappa shape index (κ1) is 11.9. The number of aliphatic carboxylic acids is 1. The normalized spacial score (nSPS) is 11.2. The maximum absolute atomic E-state index is 11.8. The van der Waals surface area contributed by atoms with E-state index >= 15 is 0 Å². The third-order valence-electron chi connectivity index (χ3n) is 1.32. The number of halogens is 3. The maximum atomic E-state index is 11.8. The van der Waals surface area contributed by atoms with Crippen LogP contribution in [-0.2, 0) is 16.1 Å². The van der Waals surface area contributed by atoms with Crippen LogP contribution in [0.3, 0.4) is 0 Å². The second-order valence-corrected chi connectivity index (χ2v) is 2.61. The van der Waals surface area contributed by atoms with E-state index < -0.39 is 30.5 Å². The lowest BCUT2D eigenvalue weighted by atomic mass is 10.6. The van der Waals surface area contributed by atoms with Crippen LogP contribution in [0.25, 0.3) is 0 Å². The molecule has 7 nitrogen and oxygen atoms in total. The van der Waals surface area contributed by atoms with E-state index in [9.17, 15) is 22.8 Å². The van der Waals surface area contributed by atoms with E-state index in [0.717, 1.165) is 11.0 Å². The Balaban J connectivity index is 2.66. The monoisotopic (exact) mass is 238 g/mol. The lowest BCUT2D eigenvalue weighted by molar-refractivity contribution is -0.167. The molecule has 88 valence electrons. The minimum absolute atomic E-state index is 0.561. The van der Waals surface area contributed by atoms with Gasteiger partial charge in [-0.15, -0.1) is 5.10 Å². The fourth-order valence-corrected chi connectivity index (χ4v) is 0.739. The quantitative estimate of drug-likeness (QED) is 0.764. The highest BCUT2D eigenvalue weighted by atomic mass is 19.4. The second-order valence-electron chi connectivity index (χ2n) is 2.61. The van der Waals surface area contributed by atoms with Crippen molar-refractivity contribution in [2.75, 3.05) is 5.32 Å². The number of carbonyl (C=O) groups excluding carboxylic acids is 1. The first-order chi connectivity index (χ1) is 7.29. The molecular weight excluding hydrogens is 233 g/mol. The number of alkyl halides is 3. The van der Waals surface area contributed by atoms with E-state index in [1.165, 1.54) is 5.32 Å². The minimum atomic E-state index is -5.04. The SMILES string of the molecule is O=C(O)Cn1cnc(NC(=O)C(F)(F)F)n1. The summed E-state index contributed by atoms with van der Waals surface area (Å²) < 4.78 is 36.1. The molecule has 0 saturated carbocycles. The lowest BCUT2D eigenvalue weighted by Crippen LogP contribution is -2.30. The van der Waals surface area contributed by atoms with Gasteiger partial charge in [-0.2, -0.15) is 13.2 Å². The number of rotatable bonds is 3. The molecule has 0 unspecified atom stereocenters. The van der Waals surface area contributed by atoms with E-state index in [-0.39, 0.29) is 0 Å². The van der Waals surface area contributed by atoms with Crippen molar-refractivity contribution in [3.05, 3.63) is 6.33 Å². The predicted molar refractivity (Wildman–Crippen MR) is 42.3 cm³/mol. The molecule has 0 radical (unpaired) electrons. The van der Waals surface area contributed by atoms with Crippen molar-refractivity contribution in [2.24, 2.45) is 0 Å². The summed E-state index contributed by atoms with van der Waals surface area (Å²) in [4.78, 5) is 23.9. The first-order valence-electron chi connectivity index (χ1n) is 3.78. The van der Waals surface area contributed by atoms with Crippen LogP contribution in [0, 0.1) is 0 Å². The summed E-state index contributed by atoms with van der Waals surface area (Å²) in [6, 6.07) is 0. The van der Waals surface area contributed by atoms with Crippen LogP contribution in [-0.4, -0.2) is 37.9 Å². The Kier molecular flexibility index (Phi) is 3.11. The van der Waals surface area contributed by atoms with Crippen molar-refractivity contribution in [3.63, 3.8) is 0 Å². The van der Waals surface area contributed by atoms with Crippen molar-refractivity contribution in [1.82, 2.24) is 14.8 Å². The van der Waals surface area contributed by atoms with Gasteiger partial charge in [-0.3, -0.25) is 14.9 Å². The molecule has 0 atom stereocenters. The molecule has 0 aromatic carbocycles. The van der Waals surface area contributed by atoms with E-state index in [2.05, 4.69) is 10.1 Å². The predicted octanol–water partition coefficient (Wildman–Crippen LogP) is -0.137. The Hall–Kier alpha value is -2.13. The molecule has 0 spiro atoms. The third-order valence-corrected chi connectivity index (χ3v) is 1.32. The molecule has 1 heterocycles. The number of hydrogen-bond donors (Lipinski definition) is 2. The van der Waals surface area contributed by atoms with Gasteiger partial charge in [0, 0.05) is 0 Å². The highest BCUT2D eigenvalue weighted by Crippen LogP contribution is 2.16. The van der Waals surface area contributed by atoms with Gasteiger partial charge in [0.15, 0.2) is 0 Å². The molecule has 1 aromatic heterocycles. The van der Waals surface area contributed by atoms with E-state index in [0.29, 0.717) is 0 Å². The molecule has 2 N–H and O–H groups in total. The number of hydrogen-bond acceptors (Lipinski definition) is 4. The van der Waals surface area contributed by atoms with Gasteiger partial charge in [0.25, 0.3) is 0 Å². The number of carboxylic acid groups (broad SMARTS) is 1. The smallest absolute Gasteiger partial charge is 0.471 e. The standard InChI is InChI=1S/C6H5F3N4O3/c7-6(8,9)4(16)11-5-10-2-13(12-5)1-3(14)15/h2H,1H2,(H,14,15)(H,11,12,16). The number of nitrogens with one attached hydrogen (secondary N) is 1. The van der Waals surface area contributed by atoms with Crippen molar-refractivity contribution in [1.29, 1.82) is 0 Å². The summed E-state index contributed by atoms with van der Waals surface area (Å²) >= 11 is 0. The minimum Gasteiger partial charge on any atom is -0.480 e. The van der Waals surface area contributed by atoms with Crippen LogP contribution in [0.5, 0.6) is 0 Å². The number of amides is 1.